The molecule has 100 valence electrons. The Hall–Kier alpha value is -0.0400. The minimum absolute atomic E-state index is 0.611. The number of hydrogen-bond donors (Lipinski definition) is 1. The van der Waals surface area contributed by atoms with Crippen molar-refractivity contribution in [3.8, 4) is 0 Å². The molecule has 0 aliphatic heterocycles. The first-order valence-corrected chi connectivity index (χ1v) is 7.95. The van der Waals surface area contributed by atoms with Crippen LogP contribution in [0.2, 0.25) is 0 Å². The Morgan fingerprint density at radius 1 is 1.00 bits per heavy atom. The molecule has 2 aliphatic carbocycles. The van der Waals surface area contributed by atoms with E-state index < -0.39 is 0 Å². The maximum Gasteiger partial charge on any atom is 0.00674 e. The van der Waals surface area contributed by atoms with Crippen molar-refractivity contribution in [1.82, 2.24) is 5.32 Å². The lowest BCUT2D eigenvalue weighted by Crippen LogP contribution is -2.41. The molecular formula is C16H31N. The fraction of sp³-hybridized carbons (Fsp3) is 1.00. The van der Waals surface area contributed by atoms with Crippen molar-refractivity contribution < 1.29 is 0 Å². The van der Waals surface area contributed by atoms with Crippen molar-refractivity contribution in [2.75, 3.05) is 6.54 Å². The van der Waals surface area contributed by atoms with Gasteiger partial charge in [-0.25, -0.2) is 0 Å². The lowest BCUT2D eigenvalue weighted by atomic mass is 9.75. The normalized spacial score (nSPS) is 33.5. The van der Waals surface area contributed by atoms with Crippen molar-refractivity contribution in [2.45, 2.75) is 84.1 Å². The van der Waals surface area contributed by atoms with Crippen LogP contribution < -0.4 is 5.32 Å². The SMILES string of the molecule is CCC1CCC(NCC2(C)CCCCC2)CC1. The zero-order valence-corrected chi connectivity index (χ0v) is 11.9. The molecule has 1 nitrogen and oxygen atoms in total. The van der Waals surface area contributed by atoms with Gasteiger partial charge in [0.2, 0.25) is 0 Å². The van der Waals surface area contributed by atoms with Crippen LogP contribution in [0.4, 0.5) is 0 Å². The molecule has 2 aliphatic rings. The fourth-order valence-electron chi connectivity index (χ4n) is 3.75. The Bertz CT molecular complexity index is 210. The van der Waals surface area contributed by atoms with Crippen LogP contribution in [0.3, 0.4) is 0 Å². The van der Waals surface area contributed by atoms with Crippen LogP contribution in [-0.2, 0) is 0 Å². The number of nitrogens with one attached hydrogen (secondary N) is 1. The first-order valence-electron chi connectivity index (χ1n) is 7.95. The van der Waals surface area contributed by atoms with Crippen LogP contribution in [0.15, 0.2) is 0 Å². The van der Waals surface area contributed by atoms with Crippen LogP contribution in [0.1, 0.15) is 78.1 Å². The number of hydrogen-bond acceptors (Lipinski definition) is 1. The molecule has 0 aromatic heterocycles. The van der Waals surface area contributed by atoms with E-state index in [9.17, 15) is 0 Å². The van der Waals surface area contributed by atoms with E-state index in [1.807, 2.05) is 0 Å². The van der Waals surface area contributed by atoms with E-state index in [1.165, 1.54) is 70.8 Å². The second-order valence-electron chi connectivity index (χ2n) is 6.88. The van der Waals surface area contributed by atoms with Gasteiger partial charge in [-0.1, -0.05) is 39.5 Å². The standard InChI is InChI=1S/C16H31N/c1-3-14-7-9-15(10-8-14)17-13-16(2)11-5-4-6-12-16/h14-15,17H,3-13H2,1-2H3. The van der Waals surface area contributed by atoms with E-state index in [0.717, 1.165) is 12.0 Å². The number of rotatable bonds is 4. The molecule has 0 unspecified atom stereocenters. The van der Waals surface area contributed by atoms with Crippen molar-refractivity contribution in [3.05, 3.63) is 0 Å². The average molecular weight is 237 g/mol. The summed E-state index contributed by atoms with van der Waals surface area (Å²) in [4.78, 5) is 0. The van der Waals surface area contributed by atoms with Crippen LogP contribution in [0, 0.1) is 11.3 Å². The van der Waals surface area contributed by atoms with E-state index in [1.54, 1.807) is 0 Å². The highest BCUT2D eigenvalue weighted by Crippen LogP contribution is 2.35. The molecular weight excluding hydrogens is 206 g/mol. The molecule has 1 N–H and O–H groups in total. The van der Waals surface area contributed by atoms with Gasteiger partial charge in [0.25, 0.3) is 0 Å². The van der Waals surface area contributed by atoms with Gasteiger partial charge in [0, 0.05) is 12.6 Å². The predicted molar refractivity (Wildman–Crippen MR) is 75.2 cm³/mol. The molecule has 2 fully saturated rings. The lowest BCUT2D eigenvalue weighted by molar-refractivity contribution is 0.185. The summed E-state index contributed by atoms with van der Waals surface area (Å²) in [5, 5.41) is 3.88. The lowest BCUT2D eigenvalue weighted by Gasteiger charge is -2.37. The smallest absolute Gasteiger partial charge is 0.00674 e. The van der Waals surface area contributed by atoms with E-state index in [-0.39, 0.29) is 0 Å². The summed E-state index contributed by atoms with van der Waals surface area (Å²) in [6.45, 7) is 6.12. The largest absolute Gasteiger partial charge is 0.313 e. The van der Waals surface area contributed by atoms with Gasteiger partial charge in [0.1, 0.15) is 0 Å². The average Bonchev–Trinajstić information content (AvgIpc) is 2.38. The second kappa shape index (κ2) is 6.22. The molecule has 0 saturated heterocycles. The third kappa shape index (κ3) is 3.98. The molecule has 0 bridgehead atoms. The minimum Gasteiger partial charge on any atom is -0.313 e. The summed E-state index contributed by atoms with van der Waals surface area (Å²) in [5.74, 6) is 1.03. The van der Waals surface area contributed by atoms with Gasteiger partial charge in [0.05, 0.1) is 0 Å². The van der Waals surface area contributed by atoms with Gasteiger partial charge in [-0.05, 0) is 49.9 Å². The van der Waals surface area contributed by atoms with Crippen molar-refractivity contribution in [1.29, 1.82) is 0 Å². The van der Waals surface area contributed by atoms with Gasteiger partial charge < -0.3 is 5.32 Å². The van der Waals surface area contributed by atoms with E-state index >= 15 is 0 Å². The van der Waals surface area contributed by atoms with E-state index in [2.05, 4.69) is 19.2 Å². The molecule has 0 radical (unpaired) electrons. The third-order valence-corrected chi connectivity index (χ3v) is 5.30. The monoisotopic (exact) mass is 237 g/mol. The van der Waals surface area contributed by atoms with Crippen molar-refractivity contribution >= 4 is 0 Å². The van der Waals surface area contributed by atoms with Gasteiger partial charge in [-0.2, -0.15) is 0 Å². The summed E-state index contributed by atoms with van der Waals surface area (Å²) in [5.41, 5.74) is 0.611. The van der Waals surface area contributed by atoms with Crippen molar-refractivity contribution in [3.63, 3.8) is 0 Å². The minimum atomic E-state index is 0.611. The first-order chi connectivity index (χ1) is 8.22. The molecule has 0 amide bonds. The maximum absolute atomic E-state index is 3.88. The molecule has 2 rings (SSSR count). The Balaban J connectivity index is 1.68. The van der Waals surface area contributed by atoms with Crippen LogP contribution >= 0.6 is 0 Å². The maximum atomic E-state index is 3.88. The molecule has 0 atom stereocenters. The molecule has 0 aromatic carbocycles. The topological polar surface area (TPSA) is 12.0 Å². The second-order valence-corrected chi connectivity index (χ2v) is 6.88. The summed E-state index contributed by atoms with van der Waals surface area (Å²) >= 11 is 0. The van der Waals surface area contributed by atoms with E-state index in [0.29, 0.717) is 5.41 Å². The molecule has 1 heteroatoms. The van der Waals surface area contributed by atoms with Crippen LogP contribution in [0.25, 0.3) is 0 Å². The summed E-state index contributed by atoms with van der Waals surface area (Å²) in [6, 6.07) is 0.830. The summed E-state index contributed by atoms with van der Waals surface area (Å²) < 4.78 is 0. The van der Waals surface area contributed by atoms with E-state index in [4.69, 9.17) is 0 Å². The zero-order valence-electron chi connectivity index (χ0n) is 11.9. The Morgan fingerprint density at radius 2 is 1.65 bits per heavy atom. The third-order valence-electron chi connectivity index (χ3n) is 5.30. The Kier molecular flexibility index (Phi) is 4.90. The molecule has 0 spiro atoms. The highest BCUT2D eigenvalue weighted by molar-refractivity contribution is 4.84. The molecule has 0 heterocycles. The quantitative estimate of drug-likeness (QED) is 0.758. The summed E-state index contributed by atoms with van der Waals surface area (Å²) in [7, 11) is 0. The Labute approximate surface area is 108 Å². The van der Waals surface area contributed by atoms with Gasteiger partial charge in [-0.15, -0.1) is 0 Å². The predicted octanol–water partition coefficient (Wildman–Crippen LogP) is 4.52. The van der Waals surface area contributed by atoms with Crippen LogP contribution in [0.5, 0.6) is 0 Å². The Morgan fingerprint density at radius 3 is 2.24 bits per heavy atom. The van der Waals surface area contributed by atoms with Gasteiger partial charge in [0.15, 0.2) is 0 Å². The zero-order chi connectivity index (χ0) is 12.1. The molecule has 2 saturated carbocycles. The first kappa shape index (κ1) is 13.4. The fourth-order valence-corrected chi connectivity index (χ4v) is 3.75. The highest BCUT2D eigenvalue weighted by Gasteiger charge is 2.28. The van der Waals surface area contributed by atoms with Gasteiger partial charge in [-0.3, -0.25) is 0 Å². The highest BCUT2D eigenvalue weighted by atomic mass is 14.9. The summed E-state index contributed by atoms with van der Waals surface area (Å²) in [6.07, 6.45) is 14.5. The molecule has 0 aromatic rings. The van der Waals surface area contributed by atoms with Gasteiger partial charge >= 0.3 is 0 Å². The van der Waals surface area contributed by atoms with Crippen molar-refractivity contribution in [2.24, 2.45) is 11.3 Å². The van der Waals surface area contributed by atoms with Crippen LogP contribution in [-0.4, -0.2) is 12.6 Å². The molecule has 17 heavy (non-hydrogen) atoms.